The number of hydrogen-bond acceptors (Lipinski definition) is 3. The van der Waals surface area contributed by atoms with Crippen LogP contribution in [0, 0.1) is 13.8 Å². The third-order valence-corrected chi connectivity index (χ3v) is 2.98. The third kappa shape index (κ3) is 1.35. The number of hydrogen-bond donors (Lipinski definition) is 2. The van der Waals surface area contributed by atoms with Gasteiger partial charge in [0.15, 0.2) is 0 Å². The molecule has 4 nitrogen and oxygen atoms in total. The second-order valence-corrected chi connectivity index (χ2v) is 4.15. The molecule has 4 heteroatoms. The van der Waals surface area contributed by atoms with Gasteiger partial charge in [0, 0.05) is 16.8 Å². The molecule has 0 unspecified atom stereocenters. The summed E-state index contributed by atoms with van der Waals surface area (Å²) < 4.78 is 1.84. The minimum absolute atomic E-state index is 0.123. The van der Waals surface area contributed by atoms with Crippen LogP contribution >= 0.6 is 0 Å². The highest BCUT2D eigenvalue weighted by atomic mass is 16.3. The summed E-state index contributed by atoms with van der Waals surface area (Å²) in [5, 5.41) is 13.3. The fraction of sp³-hybridized carbons (Fsp3) is 0.700. The predicted octanol–water partition coefficient (Wildman–Crippen LogP) is 0.440. The average Bonchev–Trinajstić information content (AvgIpc) is 2.76. The van der Waals surface area contributed by atoms with Gasteiger partial charge in [-0.15, -0.1) is 0 Å². The summed E-state index contributed by atoms with van der Waals surface area (Å²) in [6.45, 7) is 4.70. The van der Waals surface area contributed by atoms with Gasteiger partial charge < -0.3 is 10.8 Å². The molecule has 1 heterocycles. The largest absolute Gasteiger partial charge is 0.394 e. The minimum Gasteiger partial charge on any atom is -0.394 e. The molecule has 0 radical (unpaired) electrons. The third-order valence-electron chi connectivity index (χ3n) is 2.98. The first-order valence-corrected chi connectivity index (χ1v) is 5.03. The first-order chi connectivity index (χ1) is 6.58. The molecule has 1 aliphatic carbocycles. The van der Waals surface area contributed by atoms with Crippen molar-refractivity contribution in [1.29, 1.82) is 0 Å². The highest BCUT2D eigenvalue weighted by molar-refractivity contribution is 5.36. The fourth-order valence-electron chi connectivity index (χ4n) is 2.11. The van der Waals surface area contributed by atoms with Crippen LogP contribution < -0.4 is 5.73 Å². The summed E-state index contributed by atoms with van der Waals surface area (Å²) >= 11 is 0. The lowest BCUT2D eigenvalue weighted by molar-refractivity contribution is 0.267. The Balaban J connectivity index is 2.40. The van der Waals surface area contributed by atoms with Crippen molar-refractivity contribution in [2.75, 3.05) is 6.61 Å². The summed E-state index contributed by atoms with van der Waals surface area (Å²) in [7, 11) is 0. The van der Waals surface area contributed by atoms with Gasteiger partial charge >= 0.3 is 0 Å². The molecular formula is C10H17N3O. The molecule has 2 rings (SSSR count). The lowest BCUT2D eigenvalue weighted by atomic mass is 10.0. The van der Waals surface area contributed by atoms with Crippen LogP contribution in [-0.4, -0.2) is 21.5 Å². The van der Waals surface area contributed by atoms with Crippen molar-refractivity contribution in [2.45, 2.75) is 38.8 Å². The lowest BCUT2D eigenvalue weighted by Crippen LogP contribution is -2.20. The van der Waals surface area contributed by atoms with Crippen LogP contribution in [0.25, 0.3) is 0 Å². The van der Waals surface area contributed by atoms with Crippen molar-refractivity contribution in [3.8, 4) is 0 Å². The first-order valence-electron chi connectivity index (χ1n) is 5.03. The molecule has 3 N–H and O–H groups in total. The monoisotopic (exact) mass is 195 g/mol. The Morgan fingerprint density at radius 3 is 2.64 bits per heavy atom. The zero-order chi connectivity index (χ0) is 10.3. The first kappa shape index (κ1) is 9.68. The minimum atomic E-state index is -0.123. The maximum absolute atomic E-state index is 8.87. The Kier molecular flexibility index (Phi) is 2.12. The number of rotatable bonds is 3. The topological polar surface area (TPSA) is 64.1 Å². The van der Waals surface area contributed by atoms with E-state index >= 15 is 0 Å². The molecule has 0 atom stereocenters. The van der Waals surface area contributed by atoms with Crippen molar-refractivity contribution >= 4 is 0 Å². The van der Waals surface area contributed by atoms with E-state index < -0.39 is 0 Å². The van der Waals surface area contributed by atoms with Crippen molar-refractivity contribution in [3.05, 3.63) is 17.0 Å². The van der Waals surface area contributed by atoms with Crippen molar-refractivity contribution in [2.24, 2.45) is 5.73 Å². The highest BCUT2D eigenvalue weighted by Crippen LogP contribution is 2.45. The van der Waals surface area contributed by atoms with E-state index in [2.05, 4.69) is 5.10 Å². The Bertz CT molecular complexity index is 352. The van der Waals surface area contributed by atoms with Gasteiger partial charge in [0.05, 0.1) is 18.8 Å². The SMILES string of the molecule is Cc1nn(CCO)c(C)c1C1(N)CC1. The molecule has 78 valence electrons. The molecule has 1 saturated carbocycles. The Labute approximate surface area is 83.7 Å². The van der Waals surface area contributed by atoms with Gasteiger partial charge in [0.25, 0.3) is 0 Å². The summed E-state index contributed by atoms with van der Waals surface area (Å²) in [5.41, 5.74) is 9.34. The normalized spacial score (nSPS) is 18.6. The van der Waals surface area contributed by atoms with Gasteiger partial charge in [-0.3, -0.25) is 4.68 Å². The van der Waals surface area contributed by atoms with Gasteiger partial charge in [0.2, 0.25) is 0 Å². The molecule has 0 aliphatic heterocycles. The van der Waals surface area contributed by atoms with Gasteiger partial charge in [-0.1, -0.05) is 0 Å². The van der Waals surface area contributed by atoms with Gasteiger partial charge in [-0.2, -0.15) is 5.10 Å². The predicted molar refractivity (Wildman–Crippen MR) is 53.9 cm³/mol. The molecule has 0 saturated heterocycles. The van der Waals surface area contributed by atoms with Gasteiger partial charge in [0.1, 0.15) is 0 Å². The maximum Gasteiger partial charge on any atom is 0.0647 e. The van der Waals surface area contributed by atoms with Crippen LogP contribution in [0.3, 0.4) is 0 Å². The summed E-state index contributed by atoms with van der Waals surface area (Å²) in [6, 6.07) is 0. The second-order valence-electron chi connectivity index (χ2n) is 4.15. The van der Waals surface area contributed by atoms with E-state index in [9.17, 15) is 0 Å². The molecule has 14 heavy (non-hydrogen) atoms. The molecule has 0 spiro atoms. The van der Waals surface area contributed by atoms with Crippen LogP contribution in [0.1, 0.15) is 29.8 Å². The van der Waals surface area contributed by atoms with Crippen LogP contribution in [0.5, 0.6) is 0 Å². The van der Waals surface area contributed by atoms with E-state index in [-0.39, 0.29) is 12.1 Å². The maximum atomic E-state index is 8.87. The van der Waals surface area contributed by atoms with Crippen molar-refractivity contribution in [1.82, 2.24) is 9.78 Å². The highest BCUT2D eigenvalue weighted by Gasteiger charge is 2.43. The summed E-state index contributed by atoms with van der Waals surface area (Å²) in [6.07, 6.45) is 2.11. The molecular weight excluding hydrogens is 178 g/mol. The molecule has 0 aromatic carbocycles. The van der Waals surface area contributed by atoms with Gasteiger partial charge in [-0.05, 0) is 26.7 Å². The molecule has 0 bridgehead atoms. The lowest BCUT2D eigenvalue weighted by Gasteiger charge is -2.09. The number of aliphatic hydroxyl groups is 1. The van der Waals surface area contributed by atoms with Crippen molar-refractivity contribution < 1.29 is 5.11 Å². The summed E-state index contributed by atoms with van der Waals surface area (Å²) in [5.74, 6) is 0. The Hall–Kier alpha value is -0.870. The standard InChI is InChI=1S/C10H17N3O/c1-7-9(10(11)3-4-10)8(2)13(12-7)5-6-14/h14H,3-6,11H2,1-2H3. The van der Waals surface area contributed by atoms with E-state index in [1.165, 1.54) is 5.56 Å². The summed E-state index contributed by atoms with van der Waals surface area (Å²) in [4.78, 5) is 0. The number of nitrogens with two attached hydrogens (primary N) is 1. The van der Waals surface area contributed by atoms with E-state index in [0.717, 1.165) is 24.2 Å². The van der Waals surface area contributed by atoms with Crippen molar-refractivity contribution in [3.63, 3.8) is 0 Å². The van der Waals surface area contributed by atoms with E-state index in [1.807, 2.05) is 18.5 Å². The quantitative estimate of drug-likeness (QED) is 0.735. The Morgan fingerprint density at radius 2 is 2.14 bits per heavy atom. The molecule has 1 aliphatic rings. The zero-order valence-corrected chi connectivity index (χ0v) is 8.75. The van der Waals surface area contributed by atoms with E-state index in [4.69, 9.17) is 10.8 Å². The molecule has 1 fully saturated rings. The second kappa shape index (κ2) is 3.07. The van der Waals surface area contributed by atoms with Crippen LogP contribution in [0.4, 0.5) is 0 Å². The van der Waals surface area contributed by atoms with Gasteiger partial charge in [-0.25, -0.2) is 0 Å². The fourth-order valence-corrected chi connectivity index (χ4v) is 2.11. The molecule has 1 aromatic rings. The average molecular weight is 195 g/mol. The molecule has 0 amide bonds. The number of aryl methyl sites for hydroxylation is 1. The Morgan fingerprint density at radius 1 is 1.50 bits per heavy atom. The number of aliphatic hydroxyl groups excluding tert-OH is 1. The zero-order valence-electron chi connectivity index (χ0n) is 8.75. The van der Waals surface area contributed by atoms with Crippen LogP contribution in [0.2, 0.25) is 0 Å². The van der Waals surface area contributed by atoms with Crippen LogP contribution in [-0.2, 0) is 12.1 Å². The number of nitrogens with zero attached hydrogens (tertiary/aromatic N) is 2. The smallest absolute Gasteiger partial charge is 0.0647 e. The van der Waals surface area contributed by atoms with E-state index in [0.29, 0.717) is 6.54 Å². The molecule has 1 aromatic heterocycles. The number of aromatic nitrogens is 2. The van der Waals surface area contributed by atoms with Crippen LogP contribution in [0.15, 0.2) is 0 Å². The van der Waals surface area contributed by atoms with E-state index in [1.54, 1.807) is 0 Å².